The Morgan fingerprint density at radius 3 is 2.60 bits per heavy atom. The highest BCUT2D eigenvalue weighted by Crippen LogP contribution is 2.24. The fourth-order valence-corrected chi connectivity index (χ4v) is 1.90. The minimum Gasteiger partial charge on any atom is -0.379 e. The number of hydrogen-bond donors (Lipinski definition) is 1. The molecule has 0 aromatic heterocycles. The first-order valence-corrected chi connectivity index (χ1v) is 7.07. The molecule has 0 aliphatic carbocycles. The monoisotopic (exact) mass is 283 g/mol. The van der Waals surface area contributed by atoms with Crippen molar-refractivity contribution in [3.63, 3.8) is 0 Å². The predicted octanol–water partition coefficient (Wildman–Crippen LogP) is 3.44. The lowest BCUT2D eigenvalue weighted by Crippen LogP contribution is -2.31. The van der Waals surface area contributed by atoms with Gasteiger partial charge in [0.1, 0.15) is 5.82 Å². The molecule has 0 spiro atoms. The van der Waals surface area contributed by atoms with Crippen LogP contribution in [0.2, 0.25) is 0 Å². The highest BCUT2D eigenvalue weighted by molar-refractivity contribution is 5.20. The van der Waals surface area contributed by atoms with E-state index in [-0.39, 0.29) is 23.6 Å². The number of hydrogen-bond acceptors (Lipinski definition) is 3. The van der Waals surface area contributed by atoms with Crippen molar-refractivity contribution in [1.82, 2.24) is 0 Å². The lowest BCUT2D eigenvalue weighted by atomic mass is 10.0. The van der Waals surface area contributed by atoms with E-state index in [4.69, 9.17) is 15.2 Å². The maximum atomic E-state index is 13.3. The van der Waals surface area contributed by atoms with Crippen molar-refractivity contribution in [3.05, 3.63) is 35.6 Å². The Hall–Kier alpha value is -0.970. The minimum absolute atomic E-state index is 0.151. The van der Waals surface area contributed by atoms with E-state index in [0.29, 0.717) is 6.61 Å². The molecule has 2 N–H and O–H groups in total. The summed E-state index contributed by atoms with van der Waals surface area (Å²) >= 11 is 0. The quantitative estimate of drug-likeness (QED) is 0.795. The molecule has 0 radical (unpaired) electrons. The van der Waals surface area contributed by atoms with Gasteiger partial charge in [-0.3, -0.25) is 0 Å². The SMILES string of the molecule is CCC(N)C(OCCC(C)(C)OC)c1cccc(F)c1. The molecule has 1 rings (SSSR count). The topological polar surface area (TPSA) is 44.5 Å². The van der Waals surface area contributed by atoms with Gasteiger partial charge >= 0.3 is 0 Å². The van der Waals surface area contributed by atoms with Gasteiger partial charge in [-0.2, -0.15) is 0 Å². The van der Waals surface area contributed by atoms with Crippen LogP contribution in [0.5, 0.6) is 0 Å². The Labute approximate surface area is 121 Å². The molecule has 114 valence electrons. The van der Waals surface area contributed by atoms with Crippen molar-refractivity contribution in [2.45, 2.75) is 51.4 Å². The van der Waals surface area contributed by atoms with E-state index in [1.165, 1.54) is 12.1 Å². The van der Waals surface area contributed by atoms with Crippen LogP contribution in [0.3, 0.4) is 0 Å². The second-order valence-corrected chi connectivity index (χ2v) is 5.63. The van der Waals surface area contributed by atoms with E-state index in [2.05, 4.69) is 0 Å². The van der Waals surface area contributed by atoms with E-state index in [1.54, 1.807) is 13.2 Å². The van der Waals surface area contributed by atoms with Crippen LogP contribution in [0, 0.1) is 5.82 Å². The Balaban J connectivity index is 2.71. The van der Waals surface area contributed by atoms with E-state index >= 15 is 0 Å². The summed E-state index contributed by atoms with van der Waals surface area (Å²) in [6.45, 7) is 6.54. The lowest BCUT2D eigenvalue weighted by Gasteiger charge is -2.27. The third-order valence-corrected chi connectivity index (χ3v) is 3.59. The molecule has 1 aromatic rings. The molecule has 0 bridgehead atoms. The number of methoxy groups -OCH3 is 1. The number of nitrogens with two attached hydrogens (primary N) is 1. The van der Waals surface area contributed by atoms with Crippen molar-refractivity contribution in [2.24, 2.45) is 5.73 Å². The fourth-order valence-electron chi connectivity index (χ4n) is 1.90. The van der Waals surface area contributed by atoms with Crippen molar-refractivity contribution < 1.29 is 13.9 Å². The molecule has 2 unspecified atom stereocenters. The Morgan fingerprint density at radius 1 is 1.35 bits per heavy atom. The van der Waals surface area contributed by atoms with Crippen LogP contribution in [-0.4, -0.2) is 25.4 Å². The predicted molar refractivity (Wildman–Crippen MR) is 79.1 cm³/mol. The molecule has 1 aromatic carbocycles. The molecule has 0 heterocycles. The van der Waals surface area contributed by atoms with Gasteiger partial charge in [-0.15, -0.1) is 0 Å². The van der Waals surface area contributed by atoms with Gasteiger partial charge in [0.25, 0.3) is 0 Å². The van der Waals surface area contributed by atoms with Gasteiger partial charge in [-0.05, 0) is 44.4 Å². The average molecular weight is 283 g/mol. The first-order chi connectivity index (χ1) is 9.39. The summed E-state index contributed by atoms with van der Waals surface area (Å²) in [7, 11) is 1.68. The molecule has 0 saturated carbocycles. The highest BCUT2D eigenvalue weighted by atomic mass is 19.1. The molecular formula is C16H26FNO2. The summed E-state index contributed by atoms with van der Waals surface area (Å²) in [6.07, 6.45) is 1.24. The van der Waals surface area contributed by atoms with Crippen LogP contribution in [-0.2, 0) is 9.47 Å². The number of benzene rings is 1. The summed E-state index contributed by atoms with van der Waals surface area (Å²) in [6, 6.07) is 6.29. The van der Waals surface area contributed by atoms with E-state index in [9.17, 15) is 4.39 Å². The molecule has 2 atom stereocenters. The van der Waals surface area contributed by atoms with Crippen LogP contribution >= 0.6 is 0 Å². The van der Waals surface area contributed by atoms with E-state index in [0.717, 1.165) is 18.4 Å². The Bertz CT molecular complexity index is 409. The molecule has 0 amide bonds. The number of ether oxygens (including phenoxy) is 2. The van der Waals surface area contributed by atoms with Crippen molar-refractivity contribution in [1.29, 1.82) is 0 Å². The molecule has 0 aliphatic rings. The van der Waals surface area contributed by atoms with Crippen LogP contribution in [0.1, 0.15) is 45.3 Å². The summed E-state index contributed by atoms with van der Waals surface area (Å²) in [5.74, 6) is -0.267. The standard InChI is InChI=1S/C16H26FNO2/c1-5-14(18)15(12-7-6-8-13(17)11-12)20-10-9-16(2,3)19-4/h6-8,11,14-15H,5,9-10,18H2,1-4H3. The van der Waals surface area contributed by atoms with Gasteiger partial charge in [0, 0.05) is 13.2 Å². The summed E-state index contributed by atoms with van der Waals surface area (Å²) < 4.78 is 24.6. The first-order valence-electron chi connectivity index (χ1n) is 7.07. The van der Waals surface area contributed by atoms with Crippen LogP contribution < -0.4 is 5.73 Å². The zero-order valence-electron chi connectivity index (χ0n) is 12.9. The average Bonchev–Trinajstić information content (AvgIpc) is 2.43. The van der Waals surface area contributed by atoms with Crippen LogP contribution in [0.15, 0.2) is 24.3 Å². The summed E-state index contributed by atoms with van der Waals surface area (Å²) in [4.78, 5) is 0. The zero-order chi connectivity index (χ0) is 15.2. The Kier molecular flexibility index (Phi) is 6.59. The van der Waals surface area contributed by atoms with Crippen LogP contribution in [0.25, 0.3) is 0 Å². The van der Waals surface area contributed by atoms with E-state index in [1.807, 2.05) is 26.8 Å². The molecule has 0 fully saturated rings. The molecule has 0 aliphatic heterocycles. The summed E-state index contributed by atoms with van der Waals surface area (Å²) in [5, 5.41) is 0. The smallest absolute Gasteiger partial charge is 0.123 e. The van der Waals surface area contributed by atoms with Crippen LogP contribution in [0.4, 0.5) is 4.39 Å². The first kappa shape index (κ1) is 17.1. The second-order valence-electron chi connectivity index (χ2n) is 5.63. The molecular weight excluding hydrogens is 257 g/mol. The fraction of sp³-hybridized carbons (Fsp3) is 0.625. The number of halogens is 1. The second kappa shape index (κ2) is 7.72. The zero-order valence-corrected chi connectivity index (χ0v) is 12.9. The molecule has 0 saturated heterocycles. The van der Waals surface area contributed by atoms with Gasteiger partial charge in [-0.1, -0.05) is 19.1 Å². The van der Waals surface area contributed by atoms with E-state index < -0.39 is 0 Å². The van der Waals surface area contributed by atoms with Gasteiger partial charge in [0.15, 0.2) is 0 Å². The maximum absolute atomic E-state index is 13.3. The largest absolute Gasteiger partial charge is 0.379 e. The Morgan fingerprint density at radius 2 is 2.05 bits per heavy atom. The van der Waals surface area contributed by atoms with Crippen molar-refractivity contribution in [2.75, 3.05) is 13.7 Å². The normalized spacial score (nSPS) is 15.1. The highest BCUT2D eigenvalue weighted by Gasteiger charge is 2.22. The van der Waals surface area contributed by atoms with Crippen molar-refractivity contribution in [3.8, 4) is 0 Å². The van der Waals surface area contributed by atoms with Gasteiger partial charge in [0.05, 0.1) is 18.3 Å². The van der Waals surface area contributed by atoms with Gasteiger partial charge in [0.2, 0.25) is 0 Å². The third kappa shape index (κ3) is 5.19. The van der Waals surface area contributed by atoms with Gasteiger partial charge in [-0.25, -0.2) is 4.39 Å². The minimum atomic E-state index is -0.289. The third-order valence-electron chi connectivity index (χ3n) is 3.59. The molecule has 3 nitrogen and oxygen atoms in total. The molecule has 4 heteroatoms. The molecule has 20 heavy (non-hydrogen) atoms. The number of rotatable bonds is 8. The maximum Gasteiger partial charge on any atom is 0.123 e. The lowest BCUT2D eigenvalue weighted by molar-refractivity contribution is -0.0333. The van der Waals surface area contributed by atoms with Gasteiger partial charge < -0.3 is 15.2 Å². The summed E-state index contributed by atoms with van der Waals surface area (Å²) in [5.41, 5.74) is 6.66. The van der Waals surface area contributed by atoms with Crippen molar-refractivity contribution >= 4 is 0 Å².